The quantitative estimate of drug-likeness (QED) is 0.652. The number of alkyl halides is 3. The third-order valence-electron chi connectivity index (χ3n) is 4.10. The lowest BCUT2D eigenvalue weighted by Crippen LogP contribution is -2.24. The number of fused-ring (bicyclic) bond motifs is 1. The molecule has 2 heterocycles. The lowest BCUT2D eigenvalue weighted by molar-refractivity contribution is -0.144. The van der Waals surface area contributed by atoms with Gasteiger partial charge in [0.2, 0.25) is 11.5 Å². The summed E-state index contributed by atoms with van der Waals surface area (Å²) in [5.41, 5.74) is 3.31. The van der Waals surface area contributed by atoms with Crippen molar-refractivity contribution in [3.63, 3.8) is 0 Å². The van der Waals surface area contributed by atoms with Crippen LogP contribution in [0.3, 0.4) is 0 Å². The highest BCUT2D eigenvalue weighted by molar-refractivity contribution is 5.99. The van der Waals surface area contributed by atoms with Crippen LogP contribution in [0.15, 0.2) is 47.5 Å². The summed E-state index contributed by atoms with van der Waals surface area (Å²) in [6.07, 6.45) is -4.54. The number of benzene rings is 2. The van der Waals surface area contributed by atoms with E-state index < -0.39 is 17.7 Å². The molecule has 4 rings (SSSR count). The average Bonchev–Trinajstić information content (AvgIpc) is 3.19. The van der Waals surface area contributed by atoms with Crippen LogP contribution in [0.4, 0.5) is 13.2 Å². The van der Waals surface area contributed by atoms with Gasteiger partial charge in [-0.2, -0.15) is 13.2 Å². The topological polar surface area (TPSA) is 82.5 Å². The van der Waals surface area contributed by atoms with Gasteiger partial charge in [-0.05, 0) is 43.3 Å². The van der Waals surface area contributed by atoms with Crippen LogP contribution < -0.4 is 5.48 Å². The zero-order valence-corrected chi connectivity index (χ0v) is 13.4. The van der Waals surface area contributed by atoms with Gasteiger partial charge in [-0.25, -0.2) is 20.3 Å². The Morgan fingerprint density at radius 2 is 1.85 bits per heavy atom. The van der Waals surface area contributed by atoms with E-state index in [1.165, 1.54) is 24.3 Å². The fraction of sp³-hybridized carbons (Fsp3) is 0.176. The maximum atomic E-state index is 12.8. The molecule has 0 saturated carbocycles. The fourth-order valence-electron chi connectivity index (χ4n) is 2.71. The number of nitrogens with zero attached hydrogens (tertiary/aromatic N) is 2. The van der Waals surface area contributed by atoms with E-state index >= 15 is 0 Å². The van der Waals surface area contributed by atoms with Crippen molar-refractivity contribution >= 4 is 16.9 Å². The third kappa shape index (κ3) is 2.76. The largest absolute Gasteiger partial charge is 0.508 e. The number of phenols is 1. The van der Waals surface area contributed by atoms with Gasteiger partial charge in [0.05, 0.1) is 11.0 Å². The van der Waals surface area contributed by atoms with Gasteiger partial charge in [0.25, 0.3) is 0 Å². The summed E-state index contributed by atoms with van der Waals surface area (Å²) in [4.78, 5) is 15.9. The molecule has 0 aliphatic carbocycles. The first-order valence-electron chi connectivity index (χ1n) is 7.65. The second kappa shape index (κ2) is 5.46. The first-order chi connectivity index (χ1) is 12.2. The molecule has 1 atom stereocenters. The maximum Gasteiger partial charge on any atom is 0.449 e. The van der Waals surface area contributed by atoms with Gasteiger partial charge >= 0.3 is 6.18 Å². The molecule has 2 aromatic carbocycles. The van der Waals surface area contributed by atoms with Crippen molar-refractivity contribution in [2.75, 3.05) is 0 Å². The van der Waals surface area contributed by atoms with Gasteiger partial charge in [-0.1, -0.05) is 6.07 Å². The molecule has 1 aliphatic rings. The van der Waals surface area contributed by atoms with Crippen molar-refractivity contribution < 1.29 is 23.1 Å². The van der Waals surface area contributed by atoms with E-state index in [4.69, 9.17) is 4.84 Å². The number of phenolic OH excluding ortho intramolecular Hbond substituents is 1. The number of hydroxylamine groups is 1. The van der Waals surface area contributed by atoms with Gasteiger partial charge in [0.1, 0.15) is 5.75 Å². The molecule has 1 unspecified atom stereocenters. The Morgan fingerprint density at radius 1 is 1.12 bits per heavy atom. The third-order valence-corrected chi connectivity index (χ3v) is 4.10. The Hall–Kier alpha value is -3.07. The van der Waals surface area contributed by atoms with E-state index in [0.29, 0.717) is 17.0 Å². The van der Waals surface area contributed by atoms with E-state index in [-0.39, 0.29) is 16.8 Å². The van der Waals surface area contributed by atoms with Crippen LogP contribution in [-0.2, 0) is 16.7 Å². The fourth-order valence-corrected chi connectivity index (χ4v) is 2.71. The molecule has 9 heteroatoms. The highest BCUT2D eigenvalue weighted by Crippen LogP contribution is 2.34. The number of amidine groups is 1. The number of aromatic nitrogens is 2. The highest BCUT2D eigenvalue weighted by Gasteiger charge is 2.37. The van der Waals surface area contributed by atoms with Crippen molar-refractivity contribution in [3.8, 4) is 5.75 Å². The first-order valence-corrected chi connectivity index (χ1v) is 7.65. The number of aromatic amines is 1. The Bertz CT molecular complexity index is 1010. The zero-order valence-electron chi connectivity index (χ0n) is 13.4. The summed E-state index contributed by atoms with van der Waals surface area (Å²) >= 11 is 0. The van der Waals surface area contributed by atoms with Crippen LogP contribution in [-0.4, -0.2) is 20.9 Å². The molecule has 0 bridgehead atoms. The number of hydrogen-bond donors (Lipinski definition) is 3. The van der Waals surface area contributed by atoms with Crippen LogP contribution in [0.2, 0.25) is 0 Å². The Kier molecular flexibility index (Phi) is 3.45. The molecule has 3 aromatic rings. The van der Waals surface area contributed by atoms with Crippen molar-refractivity contribution in [1.82, 2.24) is 15.4 Å². The van der Waals surface area contributed by atoms with Crippen molar-refractivity contribution in [1.29, 1.82) is 0 Å². The molecule has 1 aromatic heterocycles. The molecule has 0 fully saturated rings. The van der Waals surface area contributed by atoms with E-state index in [1.54, 1.807) is 25.1 Å². The summed E-state index contributed by atoms with van der Waals surface area (Å²) in [6, 6.07) is 11.0. The smallest absolute Gasteiger partial charge is 0.449 e. The molecule has 26 heavy (non-hydrogen) atoms. The monoisotopic (exact) mass is 362 g/mol. The molecule has 6 nitrogen and oxygen atoms in total. The molecular formula is C17H13F3N4O2. The summed E-state index contributed by atoms with van der Waals surface area (Å²) in [6.45, 7) is 1.69. The summed E-state index contributed by atoms with van der Waals surface area (Å²) in [5.74, 6) is -0.470. The van der Waals surface area contributed by atoms with E-state index in [1.807, 2.05) is 0 Å². The lowest BCUT2D eigenvalue weighted by atomic mass is 10.0. The van der Waals surface area contributed by atoms with Gasteiger partial charge in [0, 0.05) is 11.1 Å². The second-order valence-electron chi connectivity index (χ2n) is 6.01. The summed E-state index contributed by atoms with van der Waals surface area (Å²) in [7, 11) is 0. The summed E-state index contributed by atoms with van der Waals surface area (Å²) < 4.78 is 38.4. The lowest BCUT2D eigenvalue weighted by Gasteiger charge is -2.18. The number of nitrogens with one attached hydrogen (secondary N) is 2. The van der Waals surface area contributed by atoms with Crippen LogP contribution in [0.25, 0.3) is 11.0 Å². The molecule has 0 amide bonds. The summed E-state index contributed by atoms with van der Waals surface area (Å²) in [5, 5.41) is 9.36. The van der Waals surface area contributed by atoms with Crippen LogP contribution in [0.1, 0.15) is 23.9 Å². The van der Waals surface area contributed by atoms with Crippen LogP contribution in [0, 0.1) is 0 Å². The van der Waals surface area contributed by atoms with Gasteiger partial charge < -0.3 is 10.1 Å². The normalized spacial score (nSPS) is 20.2. The Balaban J connectivity index is 1.71. The maximum absolute atomic E-state index is 12.8. The number of rotatable bonds is 2. The molecule has 0 radical (unpaired) electrons. The van der Waals surface area contributed by atoms with Crippen LogP contribution >= 0.6 is 0 Å². The van der Waals surface area contributed by atoms with E-state index in [0.717, 1.165) is 0 Å². The molecule has 1 aliphatic heterocycles. The minimum Gasteiger partial charge on any atom is -0.508 e. The second-order valence-corrected chi connectivity index (χ2v) is 6.01. The standard InChI is InChI=1S/C17H13F3N4O2/c1-16(23-14(24-26-16)9-2-5-11(25)6-3-9)10-4-7-12-13(8-10)22-15(21-12)17(18,19)20/h2-8,25H,1H3,(H,21,22)(H,23,24). The van der Waals surface area contributed by atoms with E-state index in [2.05, 4.69) is 20.4 Å². The molecule has 3 N–H and O–H groups in total. The van der Waals surface area contributed by atoms with Gasteiger partial charge in [-0.15, -0.1) is 0 Å². The predicted octanol–water partition coefficient (Wildman–Crippen LogP) is 3.44. The molecule has 134 valence electrons. The van der Waals surface area contributed by atoms with E-state index in [9.17, 15) is 18.3 Å². The number of H-pyrrole nitrogens is 1. The number of hydrogen-bond acceptors (Lipinski definition) is 5. The SMILES string of the molecule is CC1(c2ccc3nc(C(F)(F)F)[nH]c3c2)N=C(c2ccc(O)cc2)NO1. The minimum atomic E-state index is -4.54. The number of halogens is 3. The van der Waals surface area contributed by atoms with Gasteiger partial charge in [-0.3, -0.25) is 0 Å². The van der Waals surface area contributed by atoms with Crippen molar-refractivity contribution in [3.05, 3.63) is 59.4 Å². The number of imidazole rings is 1. The molecular weight excluding hydrogens is 349 g/mol. The Morgan fingerprint density at radius 3 is 2.54 bits per heavy atom. The van der Waals surface area contributed by atoms with Crippen molar-refractivity contribution in [2.24, 2.45) is 4.99 Å². The predicted molar refractivity (Wildman–Crippen MR) is 87.3 cm³/mol. The first kappa shape index (κ1) is 16.4. The minimum absolute atomic E-state index is 0.126. The average molecular weight is 362 g/mol. The Labute approximate surface area is 145 Å². The highest BCUT2D eigenvalue weighted by atomic mass is 19.4. The van der Waals surface area contributed by atoms with Crippen LogP contribution in [0.5, 0.6) is 5.75 Å². The molecule has 0 saturated heterocycles. The molecule has 0 spiro atoms. The number of aliphatic imine (C=N–C) groups is 1. The zero-order chi connectivity index (χ0) is 18.5. The van der Waals surface area contributed by atoms with Gasteiger partial charge in [0.15, 0.2) is 5.84 Å². The van der Waals surface area contributed by atoms with Crippen molar-refractivity contribution in [2.45, 2.75) is 18.8 Å². The number of aromatic hydroxyl groups is 1.